The summed E-state index contributed by atoms with van der Waals surface area (Å²) in [7, 11) is 0. The SMILES string of the molecule is C=CCCC(=O)NC(CC(=O)SC(C)(C)C)C(=O)O. The standard InChI is InChI=1S/C13H21NO4S/c1-5-6-7-10(15)14-9(12(17)18)8-11(16)19-13(2,3)4/h5,9H,1,6-8H2,2-4H3,(H,14,15)(H,17,18). The molecule has 1 amide bonds. The second kappa shape index (κ2) is 7.99. The maximum absolute atomic E-state index is 11.7. The van der Waals surface area contributed by atoms with Gasteiger partial charge >= 0.3 is 5.97 Å². The Hall–Kier alpha value is -1.30. The van der Waals surface area contributed by atoms with Crippen molar-refractivity contribution in [2.75, 3.05) is 0 Å². The normalized spacial score (nSPS) is 12.6. The summed E-state index contributed by atoms with van der Waals surface area (Å²) in [5.41, 5.74) is 0. The van der Waals surface area contributed by atoms with E-state index >= 15 is 0 Å². The average Bonchev–Trinajstić information content (AvgIpc) is 2.22. The number of nitrogens with one attached hydrogen (secondary N) is 1. The Morgan fingerprint density at radius 1 is 1.37 bits per heavy atom. The van der Waals surface area contributed by atoms with E-state index in [9.17, 15) is 14.4 Å². The molecule has 0 aliphatic rings. The fourth-order valence-electron chi connectivity index (χ4n) is 1.25. The molecule has 0 fully saturated rings. The number of aliphatic carboxylic acids is 1. The molecule has 2 N–H and O–H groups in total. The van der Waals surface area contributed by atoms with E-state index < -0.39 is 12.0 Å². The zero-order chi connectivity index (χ0) is 15.1. The van der Waals surface area contributed by atoms with E-state index in [1.807, 2.05) is 20.8 Å². The van der Waals surface area contributed by atoms with Crippen molar-refractivity contribution in [3.63, 3.8) is 0 Å². The quantitative estimate of drug-likeness (QED) is 0.699. The number of amides is 1. The molecule has 0 aliphatic heterocycles. The number of carboxylic acid groups (broad SMARTS) is 1. The molecule has 0 rings (SSSR count). The molecule has 5 nitrogen and oxygen atoms in total. The highest BCUT2D eigenvalue weighted by Crippen LogP contribution is 2.25. The number of hydrogen-bond donors (Lipinski definition) is 2. The van der Waals surface area contributed by atoms with E-state index in [0.717, 1.165) is 11.8 Å². The number of rotatable bonds is 7. The van der Waals surface area contributed by atoms with Crippen molar-refractivity contribution in [1.82, 2.24) is 5.32 Å². The van der Waals surface area contributed by atoms with Gasteiger partial charge in [0.15, 0.2) is 5.12 Å². The molecule has 19 heavy (non-hydrogen) atoms. The zero-order valence-corrected chi connectivity index (χ0v) is 12.4. The molecule has 0 radical (unpaired) electrons. The van der Waals surface area contributed by atoms with Gasteiger partial charge in [-0.15, -0.1) is 6.58 Å². The summed E-state index contributed by atoms with van der Waals surface area (Å²) in [6.45, 7) is 9.09. The summed E-state index contributed by atoms with van der Waals surface area (Å²) in [5.74, 6) is -1.59. The summed E-state index contributed by atoms with van der Waals surface area (Å²) >= 11 is 1.08. The van der Waals surface area contributed by atoms with Gasteiger partial charge in [-0.05, 0) is 6.42 Å². The van der Waals surface area contributed by atoms with Gasteiger partial charge in [-0.3, -0.25) is 9.59 Å². The Morgan fingerprint density at radius 3 is 2.37 bits per heavy atom. The molecule has 0 aromatic carbocycles. The van der Waals surface area contributed by atoms with Crippen molar-refractivity contribution in [3.8, 4) is 0 Å². The maximum atomic E-state index is 11.7. The topological polar surface area (TPSA) is 83.5 Å². The maximum Gasteiger partial charge on any atom is 0.326 e. The minimum Gasteiger partial charge on any atom is -0.480 e. The van der Waals surface area contributed by atoms with E-state index in [2.05, 4.69) is 11.9 Å². The fourth-order valence-corrected chi connectivity index (χ4v) is 2.18. The van der Waals surface area contributed by atoms with Gasteiger partial charge < -0.3 is 10.4 Å². The fraction of sp³-hybridized carbons (Fsp3) is 0.615. The Labute approximate surface area is 117 Å². The monoisotopic (exact) mass is 287 g/mol. The van der Waals surface area contributed by atoms with E-state index in [4.69, 9.17) is 5.11 Å². The molecule has 1 unspecified atom stereocenters. The molecule has 108 valence electrons. The third-order valence-corrected chi connectivity index (χ3v) is 3.01. The largest absolute Gasteiger partial charge is 0.480 e. The Balaban J connectivity index is 4.42. The first-order valence-electron chi connectivity index (χ1n) is 6.00. The molecule has 0 saturated carbocycles. The first kappa shape index (κ1) is 17.7. The average molecular weight is 287 g/mol. The van der Waals surface area contributed by atoms with Crippen LogP contribution < -0.4 is 5.32 Å². The number of thioether (sulfide) groups is 1. The lowest BCUT2D eigenvalue weighted by Crippen LogP contribution is -2.42. The molecule has 0 aliphatic carbocycles. The van der Waals surface area contributed by atoms with E-state index in [0.29, 0.717) is 6.42 Å². The third kappa shape index (κ3) is 9.30. The molecule has 0 spiro atoms. The van der Waals surface area contributed by atoms with Gasteiger partial charge in [0.05, 0.1) is 0 Å². The van der Waals surface area contributed by atoms with Crippen LogP contribution >= 0.6 is 11.8 Å². The van der Waals surface area contributed by atoms with Gasteiger partial charge in [-0.2, -0.15) is 0 Å². The highest BCUT2D eigenvalue weighted by Gasteiger charge is 2.25. The minimum absolute atomic E-state index is 0.174. The van der Waals surface area contributed by atoms with Gasteiger partial charge in [0, 0.05) is 17.6 Å². The summed E-state index contributed by atoms with van der Waals surface area (Å²) in [6.07, 6.45) is 2.02. The predicted octanol–water partition coefficient (Wildman–Crippen LogP) is 1.97. The molecule has 0 aromatic heterocycles. The van der Waals surface area contributed by atoms with E-state index in [-0.39, 0.29) is 28.6 Å². The van der Waals surface area contributed by atoms with Crippen LogP contribution in [-0.2, 0) is 14.4 Å². The van der Waals surface area contributed by atoms with Crippen LogP contribution in [0.4, 0.5) is 0 Å². The summed E-state index contributed by atoms with van der Waals surface area (Å²) in [6, 6.07) is -1.17. The number of carboxylic acids is 1. The molecule has 0 bridgehead atoms. The highest BCUT2D eigenvalue weighted by molar-refractivity contribution is 8.14. The van der Waals surface area contributed by atoms with Crippen molar-refractivity contribution in [3.05, 3.63) is 12.7 Å². The van der Waals surface area contributed by atoms with Crippen LogP contribution in [0, 0.1) is 0 Å². The lowest BCUT2D eigenvalue weighted by atomic mass is 10.2. The van der Waals surface area contributed by atoms with Crippen LogP contribution in [0.2, 0.25) is 0 Å². The van der Waals surface area contributed by atoms with Gasteiger partial charge in [0.25, 0.3) is 0 Å². The molecule has 0 saturated heterocycles. The van der Waals surface area contributed by atoms with Crippen LogP contribution in [0.1, 0.15) is 40.0 Å². The van der Waals surface area contributed by atoms with Crippen LogP contribution in [0.15, 0.2) is 12.7 Å². The molecule has 1 atom stereocenters. The van der Waals surface area contributed by atoms with Crippen LogP contribution in [-0.4, -0.2) is 32.9 Å². The van der Waals surface area contributed by atoms with Gasteiger partial charge in [0.1, 0.15) is 6.04 Å². The van der Waals surface area contributed by atoms with Crippen molar-refractivity contribution >= 4 is 28.8 Å². The van der Waals surface area contributed by atoms with Crippen LogP contribution in [0.3, 0.4) is 0 Å². The number of carbonyl (C=O) groups excluding carboxylic acids is 2. The van der Waals surface area contributed by atoms with Crippen molar-refractivity contribution in [2.45, 2.75) is 50.8 Å². The lowest BCUT2D eigenvalue weighted by Gasteiger charge is -2.18. The smallest absolute Gasteiger partial charge is 0.326 e. The second-order valence-corrected chi connectivity index (χ2v) is 6.96. The Bertz CT molecular complexity index is 360. The summed E-state index contributed by atoms with van der Waals surface area (Å²) in [5, 5.41) is 11.1. The van der Waals surface area contributed by atoms with Gasteiger partial charge in [-0.25, -0.2) is 4.79 Å². The first-order chi connectivity index (χ1) is 8.65. The summed E-state index contributed by atoms with van der Waals surface area (Å²) in [4.78, 5) is 34.2. The molecule has 0 heterocycles. The molecular weight excluding hydrogens is 266 g/mol. The lowest BCUT2D eigenvalue weighted by molar-refractivity contribution is -0.142. The number of hydrogen-bond acceptors (Lipinski definition) is 4. The molecule has 6 heteroatoms. The van der Waals surface area contributed by atoms with E-state index in [1.54, 1.807) is 6.08 Å². The second-order valence-electron chi connectivity index (χ2n) is 5.08. The third-order valence-electron chi connectivity index (χ3n) is 2.00. The van der Waals surface area contributed by atoms with Gasteiger partial charge in [0.2, 0.25) is 5.91 Å². The van der Waals surface area contributed by atoms with Crippen LogP contribution in [0.5, 0.6) is 0 Å². The predicted molar refractivity (Wildman–Crippen MR) is 76.0 cm³/mol. The first-order valence-corrected chi connectivity index (χ1v) is 6.82. The Kier molecular flexibility index (Phi) is 7.44. The van der Waals surface area contributed by atoms with Gasteiger partial charge in [-0.1, -0.05) is 38.6 Å². The van der Waals surface area contributed by atoms with Crippen molar-refractivity contribution < 1.29 is 19.5 Å². The number of carbonyl (C=O) groups is 3. The van der Waals surface area contributed by atoms with E-state index in [1.165, 1.54) is 0 Å². The highest BCUT2D eigenvalue weighted by atomic mass is 32.2. The Morgan fingerprint density at radius 2 is 1.95 bits per heavy atom. The summed E-state index contributed by atoms with van der Waals surface area (Å²) < 4.78 is -0.271. The molecule has 0 aromatic rings. The van der Waals surface area contributed by atoms with Crippen LogP contribution in [0.25, 0.3) is 0 Å². The van der Waals surface area contributed by atoms with Crippen molar-refractivity contribution in [1.29, 1.82) is 0 Å². The number of allylic oxidation sites excluding steroid dienone is 1. The zero-order valence-electron chi connectivity index (χ0n) is 11.6. The molecular formula is C13H21NO4S. The minimum atomic E-state index is -1.20. The van der Waals surface area contributed by atoms with Crippen molar-refractivity contribution in [2.24, 2.45) is 0 Å².